The Balaban J connectivity index is 1.46. The average molecular weight is 437 g/mol. The van der Waals surface area contributed by atoms with Crippen LogP contribution in [0, 0.1) is 5.92 Å². The molecule has 1 unspecified atom stereocenters. The summed E-state index contributed by atoms with van der Waals surface area (Å²) in [6, 6.07) is 8.50. The Labute approximate surface area is 186 Å². The molecule has 0 saturated carbocycles. The van der Waals surface area contributed by atoms with Crippen LogP contribution in [0.2, 0.25) is 5.02 Å². The second-order valence-electron chi connectivity index (χ2n) is 8.86. The largest absolute Gasteiger partial charge is 0.379 e. The van der Waals surface area contributed by atoms with Crippen LogP contribution in [-0.4, -0.2) is 85.8 Å². The van der Waals surface area contributed by atoms with Crippen molar-refractivity contribution in [1.82, 2.24) is 20.0 Å². The summed E-state index contributed by atoms with van der Waals surface area (Å²) in [6.45, 7) is 13.1. The van der Waals surface area contributed by atoms with Gasteiger partial charge in [0, 0.05) is 63.4 Å². The fourth-order valence-corrected chi connectivity index (χ4v) is 4.47. The summed E-state index contributed by atoms with van der Waals surface area (Å²) in [5, 5.41) is 3.99. The van der Waals surface area contributed by atoms with Gasteiger partial charge in [0.15, 0.2) is 0 Å². The van der Waals surface area contributed by atoms with Crippen LogP contribution in [0.1, 0.15) is 32.3 Å². The third kappa shape index (κ3) is 7.41. The van der Waals surface area contributed by atoms with Crippen LogP contribution in [0.25, 0.3) is 0 Å². The van der Waals surface area contributed by atoms with Gasteiger partial charge in [-0.1, -0.05) is 37.6 Å². The van der Waals surface area contributed by atoms with E-state index in [0.717, 1.165) is 76.9 Å². The SMILES string of the molecule is CC(C)CC(CNC(=O)N1CCCN(Cc2ccc(Cl)cc2)CC1)N1CCOCC1. The van der Waals surface area contributed by atoms with Gasteiger partial charge in [-0.3, -0.25) is 9.80 Å². The van der Waals surface area contributed by atoms with Crippen molar-refractivity contribution in [2.75, 3.05) is 59.0 Å². The van der Waals surface area contributed by atoms with E-state index in [1.807, 2.05) is 17.0 Å². The predicted octanol–water partition coefficient (Wildman–Crippen LogP) is 3.30. The quantitative estimate of drug-likeness (QED) is 0.712. The number of hydrogen-bond acceptors (Lipinski definition) is 4. The molecule has 6 nitrogen and oxygen atoms in total. The van der Waals surface area contributed by atoms with Crippen molar-refractivity contribution in [2.45, 2.75) is 39.3 Å². The first-order chi connectivity index (χ1) is 14.5. The molecule has 2 fully saturated rings. The van der Waals surface area contributed by atoms with Crippen LogP contribution < -0.4 is 5.32 Å². The van der Waals surface area contributed by atoms with E-state index in [4.69, 9.17) is 16.3 Å². The van der Waals surface area contributed by atoms with Gasteiger partial charge in [0.25, 0.3) is 0 Å². The lowest BCUT2D eigenvalue weighted by atomic mass is 10.0. The molecule has 2 saturated heterocycles. The molecule has 0 aliphatic carbocycles. The summed E-state index contributed by atoms with van der Waals surface area (Å²) in [6.07, 6.45) is 2.09. The number of hydrogen-bond donors (Lipinski definition) is 1. The van der Waals surface area contributed by atoms with Gasteiger partial charge in [-0.15, -0.1) is 0 Å². The summed E-state index contributed by atoms with van der Waals surface area (Å²) in [7, 11) is 0. The summed E-state index contributed by atoms with van der Waals surface area (Å²) in [5.41, 5.74) is 1.26. The first-order valence-electron chi connectivity index (χ1n) is 11.3. The zero-order valence-electron chi connectivity index (χ0n) is 18.5. The van der Waals surface area contributed by atoms with Gasteiger partial charge >= 0.3 is 6.03 Å². The lowest BCUT2D eigenvalue weighted by molar-refractivity contribution is 0.0127. The molecule has 168 valence electrons. The van der Waals surface area contributed by atoms with Crippen LogP contribution in [0.4, 0.5) is 4.79 Å². The zero-order valence-corrected chi connectivity index (χ0v) is 19.2. The number of ether oxygens (including phenoxy) is 1. The normalized spacial score (nSPS) is 20.2. The van der Waals surface area contributed by atoms with Gasteiger partial charge in [-0.25, -0.2) is 4.79 Å². The number of carbonyl (C=O) groups is 1. The molecule has 7 heteroatoms. The minimum Gasteiger partial charge on any atom is -0.379 e. The van der Waals surface area contributed by atoms with Gasteiger partial charge in [0.1, 0.15) is 0 Å². The molecule has 1 N–H and O–H groups in total. The maximum Gasteiger partial charge on any atom is 0.317 e. The number of rotatable bonds is 7. The second kappa shape index (κ2) is 11.9. The molecule has 1 aromatic carbocycles. The molecule has 1 atom stereocenters. The van der Waals surface area contributed by atoms with E-state index >= 15 is 0 Å². The van der Waals surface area contributed by atoms with Gasteiger partial charge in [0.05, 0.1) is 13.2 Å². The van der Waals surface area contributed by atoms with Crippen molar-refractivity contribution >= 4 is 17.6 Å². The molecule has 2 aliphatic rings. The molecule has 2 heterocycles. The van der Waals surface area contributed by atoms with Crippen molar-refractivity contribution < 1.29 is 9.53 Å². The molecule has 3 rings (SSSR count). The molecular formula is C23H37ClN4O2. The van der Waals surface area contributed by atoms with Crippen LogP contribution in [0.5, 0.6) is 0 Å². The van der Waals surface area contributed by atoms with E-state index in [1.165, 1.54) is 5.56 Å². The van der Waals surface area contributed by atoms with Gasteiger partial charge < -0.3 is 15.0 Å². The summed E-state index contributed by atoms with van der Waals surface area (Å²) in [5.74, 6) is 0.606. The van der Waals surface area contributed by atoms with E-state index < -0.39 is 0 Å². The number of halogens is 1. The van der Waals surface area contributed by atoms with Crippen molar-refractivity contribution in [3.63, 3.8) is 0 Å². The highest BCUT2D eigenvalue weighted by Gasteiger charge is 2.24. The molecule has 0 bridgehead atoms. The number of nitrogens with one attached hydrogen (secondary N) is 1. The highest BCUT2D eigenvalue weighted by atomic mass is 35.5. The third-order valence-corrected chi connectivity index (χ3v) is 6.24. The standard InChI is InChI=1S/C23H37ClN4O2/c1-19(2)16-22(27-12-14-30-15-13-27)17-25-23(29)28-9-3-8-26(10-11-28)18-20-4-6-21(24)7-5-20/h4-7,19,22H,3,8-18H2,1-2H3,(H,25,29). The van der Waals surface area contributed by atoms with Crippen molar-refractivity contribution in [3.8, 4) is 0 Å². The van der Waals surface area contributed by atoms with Crippen molar-refractivity contribution in [3.05, 3.63) is 34.9 Å². The van der Waals surface area contributed by atoms with Crippen LogP contribution in [0.3, 0.4) is 0 Å². The van der Waals surface area contributed by atoms with E-state index in [2.05, 4.69) is 41.1 Å². The smallest absolute Gasteiger partial charge is 0.317 e. The van der Waals surface area contributed by atoms with E-state index in [1.54, 1.807) is 0 Å². The van der Waals surface area contributed by atoms with E-state index in [-0.39, 0.29) is 6.03 Å². The first kappa shape index (κ1) is 23.3. The Bertz CT molecular complexity index is 649. The molecule has 0 aromatic heterocycles. The summed E-state index contributed by atoms with van der Waals surface area (Å²) < 4.78 is 5.50. The Morgan fingerprint density at radius 2 is 1.80 bits per heavy atom. The molecule has 2 amide bonds. The monoisotopic (exact) mass is 436 g/mol. The first-order valence-corrected chi connectivity index (χ1v) is 11.7. The number of morpholine rings is 1. The maximum atomic E-state index is 12.9. The molecule has 2 aliphatic heterocycles. The highest BCUT2D eigenvalue weighted by Crippen LogP contribution is 2.15. The lowest BCUT2D eigenvalue weighted by Gasteiger charge is -2.36. The zero-order chi connectivity index (χ0) is 21.3. The Morgan fingerprint density at radius 1 is 1.07 bits per heavy atom. The van der Waals surface area contributed by atoms with Crippen molar-refractivity contribution in [1.29, 1.82) is 0 Å². The number of amides is 2. The maximum absolute atomic E-state index is 12.9. The molecule has 0 spiro atoms. The molecule has 0 radical (unpaired) electrons. The molecule has 30 heavy (non-hydrogen) atoms. The fourth-order valence-electron chi connectivity index (χ4n) is 4.35. The molecule has 1 aromatic rings. The van der Waals surface area contributed by atoms with E-state index in [9.17, 15) is 4.79 Å². The van der Waals surface area contributed by atoms with Crippen LogP contribution in [-0.2, 0) is 11.3 Å². The average Bonchev–Trinajstić information content (AvgIpc) is 2.98. The van der Waals surface area contributed by atoms with E-state index in [0.29, 0.717) is 18.5 Å². The lowest BCUT2D eigenvalue weighted by Crippen LogP contribution is -2.51. The predicted molar refractivity (Wildman–Crippen MR) is 122 cm³/mol. The van der Waals surface area contributed by atoms with Crippen LogP contribution in [0.15, 0.2) is 24.3 Å². The van der Waals surface area contributed by atoms with Gasteiger partial charge in [-0.2, -0.15) is 0 Å². The summed E-state index contributed by atoms with van der Waals surface area (Å²) in [4.78, 5) is 19.7. The topological polar surface area (TPSA) is 48.1 Å². The number of urea groups is 1. The van der Waals surface area contributed by atoms with Crippen molar-refractivity contribution in [2.24, 2.45) is 5.92 Å². The number of benzene rings is 1. The third-order valence-electron chi connectivity index (χ3n) is 5.99. The van der Waals surface area contributed by atoms with Gasteiger partial charge in [0.2, 0.25) is 0 Å². The highest BCUT2D eigenvalue weighted by molar-refractivity contribution is 6.30. The minimum absolute atomic E-state index is 0.0744. The Kier molecular flexibility index (Phi) is 9.25. The molecular weight excluding hydrogens is 400 g/mol. The number of nitrogens with zero attached hydrogens (tertiary/aromatic N) is 3. The fraction of sp³-hybridized carbons (Fsp3) is 0.696. The van der Waals surface area contributed by atoms with Gasteiger partial charge in [-0.05, 0) is 36.5 Å². The minimum atomic E-state index is 0.0744. The Hall–Kier alpha value is -1.34. The summed E-state index contributed by atoms with van der Waals surface area (Å²) >= 11 is 5.99. The number of carbonyl (C=O) groups excluding carboxylic acids is 1. The Morgan fingerprint density at radius 3 is 2.50 bits per heavy atom. The second-order valence-corrected chi connectivity index (χ2v) is 9.30. The van der Waals surface area contributed by atoms with Crippen LogP contribution >= 0.6 is 11.6 Å².